The highest BCUT2D eigenvalue weighted by atomic mass is 16.6. The molecule has 2 unspecified atom stereocenters. The van der Waals surface area contributed by atoms with Gasteiger partial charge in [-0.15, -0.1) is 0 Å². The zero-order valence-corrected chi connectivity index (χ0v) is 18.0. The molecule has 0 aromatic heterocycles. The first kappa shape index (κ1) is 28.0. The molecule has 0 N–H and O–H groups in total. The zero-order chi connectivity index (χ0) is 20.0. The Hall–Kier alpha value is -0.810. The predicted molar refractivity (Wildman–Crippen MR) is 99.4 cm³/mol. The summed E-state index contributed by atoms with van der Waals surface area (Å²) in [6.07, 6.45) is 0.246. The van der Waals surface area contributed by atoms with Crippen LogP contribution in [0.3, 0.4) is 0 Å². The Morgan fingerprint density at radius 1 is 0.708 bits per heavy atom. The van der Waals surface area contributed by atoms with Gasteiger partial charge in [-0.05, 0) is 60.5 Å². The van der Waals surface area contributed by atoms with Crippen LogP contribution < -0.4 is 10.2 Å². The Morgan fingerprint density at radius 2 is 0.875 bits per heavy atom. The molecule has 0 spiro atoms. The highest BCUT2D eigenvalue weighted by molar-refractivity contribution is 5.47. The first-order valence-corrected chi connectivity index (χ1v) is 9.50. The standard InChI is InChI=1S/2C9H22N.CH2O3/c2*1-6-9(4)10(5,7-2)8-3;2-1(3)4/h2*9H,6-8H2,1-5H3;(H2,2,3,4)/q2*+1;/p-2. The van der Waals surface area contributed by atoms with Crippen molar-refractivity contribution >= 4 is 6.16 Å². The molecule has 0 aliphatic carbocycles. The van der Waals surface area contributed by atoms with E-state index in [1.54, 1.807) is 0 Å². The summed E-state index contributed by atoms with van der Waals surface area (Å²) < 4.78 is 2.44. The lowest BCUT2D eigenvalue weighted by atomic mass is 10.2. The Labute approximate surface area is 151 Å². The number of nitrogens with zero attached hydrogens (tertiary/aromatic N) is 2. The van der Waals surface area contributed by atoms with Crippen molar-refractivity contribution in [3.05, 3.63) is 0 Å². The van der Waals surface area contributed by atoms with Crippen LogP contribution in [-0.4, -0.2) is 67.5 Å². The molecule has 2 atom stereocenters. The van der Waals surface area contributed by atoms with Crippen molar-refractivity contribution in [1.29, 1.82) is 0 Å². The van der Waals surface area contributed by atoms with Gasteiger partial charge in [0.15, 0.2) is 0 Å². The Kier molecular flexibility index (Phi) is 17.0. The third kappa shape index (κ3) is 11.7. The van der Waals surface area contributed by atoms with Gasteiger partial charge in [0.1, 0.15) is 0 Å². The third-order valence-corrected chi connectivity index (χ3v) is 6.20. The molecule has 0 heterocycles. The molecule has 0 rings (SSSR count). The van der Waals surface area contributed by atoms with E-state index in [0.717, 1.165) is 12.1 Å². The Balaban J connectivity index is -0.000000301. The molecule has 0 bridgehead atoms. The molecule has 24 heavy (non-hydrogen) atoms. The molecule has 0 saturated heterocycles. The van der Waals surface area contributed by atoms with Crippen LogP contribution in [0.25, 0.3) is 0 Å². The topological polar surface area (TPSA) is 63.2 Å². The summed E-state index contributed by atoms with van der Waals surface area (Å²) in [4.78, 5) is 8.33. The van der Waals surface area contributed by atoms with Gasteiger partial charge in [0.2, 0.25) is 0 Å². The van der Waals surface area contributed by atoms with Gasteiger partial charge < -0.3 is 24.0 Å². The van der Waals surface area contributed by atoms with Crippen LogP contribution in [-0.2, 0) is 0 Å². The molecule has 0 aliphatic heterocycles. The summed E-state index contributed by atoms with van der Waals surface area (Å²) in [5, 5.41) is 16.7. The van der Waals surface area contributed by atoms with Crippen LogP contribution in [0.4, 0.5) is 4.79 Å². The maximum Gasteiger partial charge on any atom is 0.0856 e. The van der Waals surface area contributed by atoms with Gasteiger partial charge >= 0.3 is 0 Å². The number of rotatable bonds is 8. The van der Waals surface area contributed by atoms with Gasteiger partial charge in [-0.3, -0.25) is 0 Å². The van der Waals surface area contributed by atoms with Crippen molar-refractivity contribution in [3.63, 3.8) is 0 Å². The number of carbonyl (C=O) groups is 1. The minimum Gasteiger partial charge on any atom is -0.652 e. The molecule has 0 aliphatic rings. The fourth-order valence-electron chi connectivity index (χ4n) is 2.58. The van der Waals surface area contributed by atoms with Crippen LogP contribution in [0.15, 0.2) is 0 Å². The average Bonchev–Trinajstić information content (AvgIpc) is 2.58. The number of carboxylic acid groups (broad SMARTS) is 2. The van der Waals surface area contributed by atoms with E-state index in [2.05, 4.69) is 69.5 Å². The van der Waals surface area contributed by atoms with E-state index in [1.807, 2.05) is 0 Å². The molecular formula is C19H44N2O3. The monoisotopic (exact) mass is 348 g/mol. The van der Waals surface area contributed by atoms with E-state index in [9.17, 15) is 0 Å². The first-order chi connectivity index (χ1) is 10.9. The van der Waals surface area contributed by atoms with Crippen molar-refractivity contribution in [2.45, 2.75) is 80.3 Å². The second-order valence-corrected chi connectivity index (χ2v) is 6.99. The molecular weight excluding hydrogens is 304 g/mol. The summed E-state index contributed by atoms with van der Waals surface area (Å²) in [5.41, 5.74) is 0. The van der Waals surface area contributed by atoms with Crippen LogP contribution in [0.5, 0.6) is 0 Å². The van der Waals surface area contributed by atoms with Crippen molar-refractivity contribution in [2.24, 2.45) is 0 Å². The molecule has 5 nitrogen and oxygen atoms in total. The minimum absolute atomic E-state index is 0.815. The SMILES string of the molecule is CCC(C)[N+](C)(CC)CC.CCC(C)[N+](C)(CC)CC.O=C([O-])[O-]. The summed E-state index contributed by atoms with van der Waals surface area (Å²) >= 11 is 0. The number of hydrogen-bond acceptors (Lipinski definition) is 3. The van der Waals surface area contributed by atoms with Crippen molar-refractivity contribution in [3.8, 4) is 0 Å². The molecule has 0 fully saturated rings. The van der Waals surface area contributed by atoms with Gasteiger partial charge in [0.05, 0.1) is 52.4 Å². The lowest BCUT2D eigenvalue weighted by molar-refractivity contribution is -0.928. The van der Waals surface area contributed by atoms with Gasteiger partial charge in [-0.25, -0.2) is 0 Å². The van der Waals surface area contributed by atoms with E-state index in [-0.39, 0.29) is 0 Å². The normalized spacial score (nSPS) is 13.8. The van der Waals surface area contributed by atoms with Crippen LogP contribution in [0.2, 0.25) is 0 Å². The number of hydrogen-bond donors (Lipinski definition) is 0. The third-order valence-electron chi connectivity index (χ3n) is 6.20. The van der Waals surface area contributed by atoms with E-state index >= 15 is 0 Å². The lowest BCUT2D eigenvalue weighted by Crippen LogP contribution is -2.50. The van der Waals surface area contributed by atoms with Crippen LogP contribution in [0.1, 0.15) is 68.2 Å². The highest BCUT2D eigenvalue weighted by Gasteiger charge is 2.23. The van der Waals surface area contributed by atoms with E-state index in [4.69, 9.17) is 15.0 Å². The fourth-order valence-corrected chi connectivity index (χ4v) is 2.58. The molecule has 0 aromatic rings. The Bertz CT molecular complexity index is 273. The van der Waals surface area contributed by atoms with Gasteiger partial charge in [0, 0.05) is 0 Å². The second kappa shape index (κ2) is 14.5. The quantitative estimate of drug-likeness (QED) is 0.631. The predicted octanol–water partition coefficient (Wildman–Crippen LogP) is 2.10. The smallest absolute Gasteiger partial charge is 0.0856 e. The summed E-state index contributed by atoms with van der Waals surface area (Å²) in [6.45, 7) is 23.3. The number of quaternary nitrogens is 2. The van der Waals surface area contributed by atoms with Gasteiger partial charge in [-0.1, -0.05) is 13.8 Å². The van der Waals surface area contributed by atoms with Gasteiger partial charge in [0.25, 0.3) is 0 Å². The van der Waals surface area contributed by atoms with E-state index in [1.165, 1.54) is 48.0 Å². The summed E-state index contributed by atoms with van der Waals surface area (Å²) in [7, 11) is 4.68. The molecule has 5 heteroatoms. The molecule has 0 aromatic carbocycles. The van der Waals surface area contributed by atoms with Gasteiger partial charge in [-0.2, -0.15) is 0 Å². The maximum atomic E-state index is 8.33. The molecule has 0 amide bonds. The molecule has 0 saturated carbocycles. The highest BCUT2D eigenvalue weighted by Crippen LogP contribution is 2.12. The first-order valence-electron chi connectivity index (χ1n) is 9.50. The maximum absolute atomic E-state index is 8.33. The summed E-state index contributed by atoms with van der Waals surface area (Å²) in [5.74, 6) is 0. The average molecular weight is 349 g/mol. The van der Waals surface area contributed by atoms with Crippen LogP contribution >= 0.6 is 0 Å². The van der Waals surface area contributed by atoms with Crippen molar-refractivity contribution in [1.82, 2.24) is 0 Å². The number of carbonyl (C=O) groups excluding carboxylic acids is 1. The summed E-state index contributed by atoms with van der Waals surface area (Å²) in [6, 6.07) is 1.63. The zero-order valence-electron chi connectivity index (χ0n) is 18.0. The molecule has 0 radical (unpaired) electrons. The Morgan fingerprint density at radius 3 is 0.917 bits per heavy atom. The lowest BCUT2D eigenvalue weighted by Gasteiger charge is -2.37. The molecule has 148 valence electrons. The second-order valence-electron chi connectivity index (χ2n) is 6.99. The van der Waals surface area contributed by atoms with E-state index < -0.39 is 6.16 Å². The van der Waals surface area contributed by atoms with Crippen molar-refractivity contribution in [2.75, 3.05) is 40.3 Å². The van der Waals surface area contributed by atoms with Crippen molar-refractivity contribution < 1.29 is 24.0 Å². The van der Waals surface area contributed by atoms with E-state index in [0.29, 0.717) is 0 Å². The van der Waals surface area contributed by atoms with Crippen LogP contribution in [0, 0.1) is 0 Å². The largest absolute Gasteiger partial charge is 0.652 e. The minimum atomic E-state index is -2.33. The fraction of sp³-hybridized carbons (Fsp3) is 0.947.